The Morgan fingerprint density at radius 2 is 1.50 bits per heavy atom. The molecule has 5 atom stereocenters. The highest BCUT2D eigenvalue weighted by Crippen LogP contribution is 2.42. The van der Waals surface area contributed by atoms with Crippen molar-refractivity contribution in [3.63, 3.8) is 0 Å². The molecule has 1 aliphatic carbocycles. The summed E-state index contributed by atoms with van der Waals surface area (Å²) in [6.07, 6.45) is -5.96. The zero-order valence-electron chi connectivity index (χ0n) is 17.8. The highest BCUT2D eigenvalue weighted by Gasteiger charge is 2.61. The number of hydrogen-bond donors (Lipinski definition) is 2. The maximum absolute atomic E-state index is 12.2. The first kappa shape index (κ1) is 24.5. The lowest BCUT2D eigenvalue weighted by Gasteiger charge is -2.49. The largest absolute Gasteiger partial charge is 0.467 e. The van der Waals surface area contributed by atoms with Crippen LogP contribution in [0.5, 0.6) is 0 Å². The van der Waals surface area contributed by atoms with Gasteiger partial charge in [-0.15, -0.1) is 0 Å². The molecule has 162 valence electrons. The summed E-state index contributed by atoms with van der Waals surface area (Å²) in [7, 11) is -1.40. The molecule has 0 bridgehead atoms. The van der Waals surface area contributed by atoms with Crippen molar-refractivity contribution in [3.05, 3.63) is 0 Å². The van der Waals surface area contributed by atoms with Crippen molar-refractivity contribution >= 4 is 26.2 Å². The summed E-state index contributed by atoms with van der Waals surface area (Å²) in [5.41, 5.74) is -2.39. The molecular weight excluding hydrogens is 388 g/mol. The van der Waals surface area contributed by atoms with Crippen LogP contribution < -0.4 is 0 Å². The van der Waals surface area contributed by atoms with Gasteiger partial charge >= 0.3 is 17.9 Å². The van der Waals surface area contributed by atoms with Crippen LogP contribution >= 0.6 is 0 Å². The number of ether oxygens (including phenoxy) is 3. The summed E-state index contributed by atoms with van der Waals surface area (Å²) in [6, 6.07) is 0. The highest BCUT2D eigenvalue weighted by molar-refractivity contribution is 6.74. The predicted molar refractivity (Wildman–Crippen MR) is 101 cm³/mol. The number of methoxy groups -OCH3 is 1. The summed E-state index contributed by atoms with van der Waals surface area (Å²) in [6.45, 7) is 12.1. The molecule has 0 aromatic rings. The van der Waals surface area contributed by atoms with Crippen LogP contribution in [0.15, 0.2) is 0 Å². The van der Waals surface area contributed by atoms with E-state index in [4.69, 9.17) is 13.9 Å². The molecule has 0 heterocycles. The number of carbonyl (C=O) groups is 3. The van der Waals surface area contributed by atoms with E-state index in [-0.39, 0.29) is 11.5 Å². The number of esters is 3. The molecule has 1 saturated carbocycles. The molecule has 0 unspecified atom stereocenters. The maximum Gasteiger partial charge on any atom is 0.340 e. The molecule has 0 radical (unpaired) electrons. The highest BCUT2D eigenvalue weighted by atomic mass is 28.4. The van der Waals surface area contributed by atoms with Gasteiger partial charge in [-0.05, 0) is 18.1 Å². The Morgan fingerprint density at radius 1 is 1.04 bits per heavy atom. The minimum atomic E-state index is -2.46. The van der Waals surface area contributed by atoms with Crippen LogP contribution in [-0.4, -0.2) is 73.6 Å². The monoisotopic (exact) mass is 420 g/mol. The number of hydrogen-bond acceptors (Lipinski definition) is 9. The fourth-order valence-electron chi connectivity index (χ4n) is 2.91. The van der Waals surface area contributed by atoms with Gasteiger partial charge in [0, 0.05) is 20.3 Å². The lowest BCUT2D eigenvalue weighted by atomic mass is 9.77. The van der Waals surface area contributed by atoms with Gasteiger partial charge < -0.3 is 28.8 Å². The number of carbonyl (C=O) groups excluding carboxylic acids is 3. The molecule has 0 amide bonds. The summed E-state index contributed by atoms with van der Waals surface area (Å²) in [5.74, 6) is -2.55. The third-order valence-corrected chi connectivity index (χ3v) is 9.90. The summed E-state index contributed by atoms with van der Waals surface area (Å²) < 4.78 is 21.4. The van der Waals surface area contributed by atoms with E-state index in [1.54, 1.807) is 0 Å². The second kappa shape index (κ2) is 8.48. The van der Waals surface area contributed by atoms with Crippen LogP contribution in [0.1, 0.15) is 41.0 Å². The molecule has 10 heteroatoms. The Labute approximate surface area is 166 Å². The molecule has 0 aromatic heterocycles. The predicted octanol–water partition coefficient (Wildman–Crippen LogP) is 0.909. The maximum atomic E-state index is 12.2. The second-order valence-corrected chi connectivity index (χ2v) is 13.4. The Morgan fingerprint density at radius 3 is 1.89 bits per heavy atom. The van der Waals surface area contributed by atoms with Gasteiger partial charge in [0.15, 0.2) is 26.1 Å². The van der Waals surface area contributed by atoms with Crippen molar-refractivity contribution in [2.75, 3.05) is 7.11 Å². The third kappa shape index (κ3) is 5.10. The fraction of sp³-hybridized carbons (Fsp3) is 0.833. The topological polar surface area (TPSA) is 129 Å². The van der Waals surface area contributed by atoms with Crippen molar-refractivity contribution in [3.8, 4) is 0 Å². The summed E-state index contributed by atoms with van der Waals surface area (Å²) >= 11 is 0. The Bertz CT molecular complexity index is 613. The lowest BCUT2D eigenvalue weighted by molar-refractivity contribution is -0.239. The standard InChI is InChI=1S/C18H32O9Si/c1-10(19)25-13-12(27-28(7,8)17(3,4)5)9-18(23,16(22)24-6)15(21)14(13)26-11(2)20/h12-15,21,23H,9H2,1-8H3/t12-,13+,14-,15+,18-/m1/s1. The Balaban J connectivity index is 3.45. The molecule has 1 aliphatic rings. The first-order valence-corrected chi connectivity index (χ1v) is 12.0. The van der Waals surface area contributed by atoms with Crippen molar-refractivity contribution in [2.24, 2.45) is 0 Å². The van der Waals surface area contributed by atoms with Gasteiger partial charge in [-0.2, -0.15) is 0 Å². The molecule has 28 heavy (non-hydrogen) atoms. The van der Waals surface area contributed by atoms with Gasteiger partial charge in [0.1, 0.15) is 6.10 Å². The molecule has 2 N–H and O–H groups in total. The average Bonchev–Trinajstić information content (AvgIpc) is 2.52. The first-order chi connectivity index (χ1) is 12.6. The van der Waals surface area contributed by atoms with Crippen LogP contribution in [0.25, 0.3) is 0 Å². The first-order valence-electron chi connectivity index (χ1n) is 9.08. The van der Waals surface area contributed by atoms with E-state index in [1.807, 2.05) is 33.9 Å². The third-order valence-electron chi connectivity index (χ3n) is 5.40. The molecular formula is C18H32O9Si. The van der Waals surface area contributed by atoms with Gasteiger partial charge in [-0.3, -0.25) is 9.59 Å². The van der Waals surface area contributed by atoms with Gasteiger partial charge in [0.25, 0.3) is 0 Å². The Kier molecular flexibility index (Phi) is 7.43. The zero-order chi connectivity index (χ0) is 22.1. The molecule has 0 aromatic carbocycles. The van der Waals surface area contributed by atoms with Crippen LogP contribution in [0.3, 0.4) is 0 Å². The van der Waals surface area contributed by atoms with E-state index in [0.717, 1.165) is 14.0 Å². The van der Waals surface area contributed by atoms with Crippen LogP contribution in [0, 0.1) is 0 Å². The van der Waals surface area contributed by atoms with Gasteiger partial charge in [-0.1, -0.05) is 20.8 Å². The van der Waals surface area contributed by atoms with E-state index in [2.05, 4.69) is 4.74 Å². The smallest absolute Gasteiger partial charge is 0.340 e. The fourth-order valence-corrected chi connectivity index (χ4v) is 4.24. The van der Waals surface area contributed by atoms with Crippen LogP contribution in [-0.2, 0) is 33.0 Å². The van der Waals surface area contributed by atoms with Gasteiger partial charge in [0.2, 0.25) is 0 Å². The number of aliphatic hydroxyl groups excluding tert-OH is 1. The van der Waals surface area contributed by atoms with Crippen LogP contribution in [0.4, 0.5) is 0 Å². The van der Waals surface area contributed by atoms with E-state index >= 15 is 0 Å². The van der Waals surface area contributed by atoms with Crippen molar-refractivity contribution in [1.29, 1.82) is 0 Å². The van der Waals surface area contributed by atoms with Gasteiger partial charge in [-0.25, -0.2) is 4.79 Å². The summed E-state index contributed by atoms with van der Waals surface area (Å²) in [4.78, 5) is 35.5. The normalized spacial score (nSPS) is 31.1. The lowest BCUT2D eigenvalue weighted by Crippen LogP contribution is -2.69. The van der Waals surface area contributed by atoms with Crippen LogP contribution in [0.2, 0.25) is 18.1 Å². The number of aliphatic hydroxyl groups is 2. The van der Waals surface area contributed by atoms with E-state index in [1.165, 1.54) is 6.92 Å². The molecule has 0 aliphatic heterocycles. The minimum absolute atomic E-state index is 0.232. The van der Waals surface area contributed by atoms with E-state index in [0.29, 0.717) is 0 Å². The van der Waals surface area contributed by atoms with E-state index in [9.17, 15) is 24.6 Å². The Hall–Kier alpha value is -1.49. The zero-order valence-corrected chi connectivity index (χ0v) is 18.8. The van der Waals surface area contributed by atoms with E-state index < -0.39 is 56.2 Å². The SMILES string of the molecule is COC(=O)[C@@]1(O)C[C@@H](O[Si](C)(C)C(C)(C)C)[C@H](OC(C)=O)[C@@H](OC(C)=O)[C@@H]1O. The van der Waals surface area contributed by atoms with Gasteiger partial charge in [0.05, 0.1) is 13.2 Å². The average molecular weight is 421 g/mol. The molecule has 1 rings (SSSR count). The van der Waals surface area contributed by atoms with Crippen molar-refractivity contribution in [2.45, 2.75) is 89.2 Å². The van der Waals surface area contributed by atoms with Crippen molar-refractivity contribution < 1.29 is 43.2 Å². The minimum Gasteiger partial charge on any atom is -0.467 e. The quantitative estimate of drug-likeness (QED) is 0.379. The van der Waals surface area contributed by atoms with Crippen molar-refractivity contribution in [1.82, 2.24) is 0 Å². The molecule has 0 saturated heterocycles. The molecule has 9 nitrogen and oxygen atoms in total. The second-order valence-electron chi connectivity index (χ2n) is 8.63. The summed E-state index contributed by atoms with van der Waals surface area (Å²) in [5, 5.41) is 21.3. The number of rotatable bonds is 5. The molecule has 0 spiro atoms. The molecule has 1 fully saturated rings.